The predicted molar refractivity (Wildman–Crippen MR) is 136 cm³/mol. The largest absolute Gasteiger partial charge is 0.495 e. The average Bonchev–Trinajstić information content (AvgIpc) is 2.87. The van der Waals surface area contributed by atoms with Gasteiger partial charge in [0.2, 0.25) is 0 Å². The van der Waals surface area contributed by atoms with Gasteiger partial charge in [0.1, 0.15) is 5.75 Å². The first-order valence-electron chi connectivity index (χ1n) is 10.7. The standard InChI is InChI=1S/C26H24ClN3O6/c1-15-6-5-7-18(12-15)26(33)36-22-10-8-17(13-23(22)35-4)16(2)29-30-25(32)24(31)28-20-14-19(27)9-11-21(20)34-3/h5-14H,1-4H3,(H,28,31)(H,30,32). The van der Waals surface area contributed by atoms with Crippen LogP contribution in [0.25, 0.3) is 0 Å². The maximum atomic E-state index is 12.5. The van der Waals surface area contributed by atoms with Gasteiger partial charge in [0.15, 0.2) is 11.5 Å². The topological polar surface area (TPSA) is 115 Å². The van der Waals surface area contributed by atoms with Crippen molar-refractivity contribution in [3.05, 3.63) is 82.4 Å². The second kappa shape index (κ2) is 11.9. The van der Waals surface area contributed by atoms with E-state index in [1.54, 1.807) is 55.5 Å². The van der Waals surface area contributed by atoms with E-state index in [4.69, 9.17) is 25.8 Å². The van der Waals surface area contributed by atoms with E-state index in [1.165, 1.54) is 20.3 Å². The van der Waals surface area contributed by atoms with Crippen LogP contribution in [0.2, 0.25) is 5.02 Å². The number of esters is 1. The highest BCUT2D eigenvalue weighted by Crippen LogP contribution is 2.29. The zero-order valence-corrected chi connectivity index (χ0v) is 20.8. The number of hydrazone groups is 1. The number of halogens is 1. The molecule has 36 heavy (non-hydrogen) atoms. The summed E-state index contributed by atoms with van der Waals surface area (Å²) in [5, 5.41) is 6.77. The van der Waals surface area contributed by atoms with Gasteiger partial charge in [0.05, 0.1) is 31.2 Å². The Hall–Kier alpha value is -4.37. The molecule has 0 bridgehead atoms. The van der Waals surface area contributed by atoms with Crippen molar-refractivity contribution in [2.45, 2.75) is 13.8 Å². The van der Waals surface area contributed by atoms with Gasteiger partial charge in [0.25, 0.3) is 0 Å². The molecule has 0 aliphatic heterocycles. The van der Waals surface area contributed by atoms with E-state index in [1.807, 2.05) is 13.0 Å². The van der Waals surface area contributed by atoms with Gasteiger partial charge in [-0.05, 0) is 62.4 Å². The van der Waals surface area contributed by atoms with Gasteiger partial charge in [-0.1, -0.05) is 29.3 Å². The van der Waals surface area contributed by atoms with Crippen LogP contribution in [0.15, 0.2) is 65.8 Å². The summed E-state index contributed by atoms with van der Waals surface area (Å²) in [4.78, 5) is 37.0. The molecule has 186 valence electrons. The van der Waals surface area contributed by atoms with Crippen molar-refractivity contribution in [3.63, 3.8) is 0 Å². The predicted octanol–water partition coefficient (Wildman–Crippen LogP) is 4.36. The third-order valence-electron chi connectivity index (χ3n) is 4.98. The molecule has 0 saturated carbocycles. The monoisotopic (exact) mass is 509 g/mol. The molecule has 0 spiro atoms. The van der Waals surface area contributed by atoms with Crippen molar-refractivity contribution < 1.29 is 28.6 Å². The number of amides is 2. The van der Waals surface area contributed by atoms with Gasteiger partial charge in [0, 0.05) is 10.6 Å². The van der Waals surface area contributed by atoms with E-state index in [0.29, 0.717) is 33.4 Å². The minimum absolute atomic E-state index is 0.222. The van der Waals surface area contributed by atoms with Gasteiger partial charge in [-0.3, -0.25) is 9.59 Å². The van der Waals surface area contributed by atoms with E-state index in [0.717, 1.165) is 5.56 Å². The number of carbonyl (C=O) groups excluding carboxylic acids is 3. The van der Waals surface area contributed by atoms with Gasteiger partial charge in [-0.2, -0.15) is 5.10 Å². The van der Waals surface area contributed by atoms with Crippen molar-refractivity contribution in [3.8, 4) is 17.2 Å². The smallest absolute Gasteiger partial charge is 0.343 e. The molecule has 3 rings (SSSR count). The molecule has 10 heteroatoms. The Morgan fingerprint density at radius 1 is 0.833 bits per heavy atom. The molecule has 0 radical (unpaired) electrons. The number of nitrogens with zero attached hydrogens (tertiary/aromatic N) is 1. The maximum Gasteiger partial charge on any atom is 0.343 e. The molecule has 0 unspecified atom stereocenters. The van der Waals surface area contributed by atoms with Gasteiger partial charge < -0.3 is 19.5 Å². The van der Waals surface area contributed by atoms with Crippen LogP contribution < -0.4 is 25.0 Å². The molecule has 0 fully saturated rings. The molecule has 0 heterocycles. The van der Waals surface area contributed by atoms with Crippen LogP contribution in [-0.4, -0.2) is 37.7 Å². The van der Waals surface area contributed by atoms with E-state index < -0.39 is 17.8 Å². The Kier molecular flexibility index (Phi) is 8.64. The molecule has 0 atom stereocenters. The molecule has 9 nitrogen and oxygen atoms in total. The molecular weight excluding hydrogens is 486 g/mol. The number of methoxy groups -OCH3 is 2. The zero-order valence-electron chi connectivity index (χ0n) is 20.0. The van der Waals surface area contributed by atoms with Crippen LogP contribution in [0.4, 0.5) is 5.69 Å². The SMILES string of the molecule is COc1ccc(Cl)cc1NC(=O)C(=O)NN=C(C)c1ccc(OC(=O)c2cccc(C)c2)c(OC)c1. The summed E-state index contributed by atoms with van der Waals surface area (Å²) in [5.41, 5.74) is 4.74. The second-order valence-corrected chi connectivity index (χ2v) is 8.00. The van der Waals surface area contributed by atoms with Gasteiger partial charge in [-0.25, -0.2) is 10.2 Å². The quantitative estimate of drug-likeness (QED) is 0.161. The lowest BCUT2D eigenvalue weighted by Crippen LogP contribution is -2.33. The average molecular weight is 510 g/mol. The van der Waals surface area contributed by atoms with Crippen LogP contribution in [0.5, 0.6) is 17.2 Å². The molecular formula is C26H24ClN3O6. The van der Waals surface area contributed by atoms with Crippen LogP contribution in [0.1, 0.15) is 28.4 Å². The van der Waals surface area contributed by atoms with Crippen molar-refractivity contribution in [2.75, 3.05) is 19.5 Å². The minimum Gasteiger partial charge on any atom is -0.495 e. The molecule has 0 aromatic heterocycles. The first-order valence-corrected chi connectivity index (χ1v) is 11.1. The number of hydrogen-bond donors (Lipinski definition) is 2. The lowest BCUT2D eigenvalue weighted by molar-refractivity contribution is -0.136. The Morgan fingerprint density at radius 2 is 1.56 bits per heavy atom. The molecule has 2 N–H and O–H groups in total. The number of nitrogens with one attached hydrogen (secondary N) is 2. The highest BCUT2D eigenvalue weighted by molar-refractivity contribution is 6.40. The van der Waals surface area contributed by atoms with Crippen LogP contribution in [0.3, 0.4) is 0 Å². The lowest BCUT2D eigenvalue weighted by Gasteiger charge is -2.12. The van der Waals surface area contributed by atoms with Crippen molar-refractivity contribution in [1.82, 2.24) is 5.43 Å². The van der Waals surface area contributed by atoms with E-state index in [2.05, 4.69) is 15.8 Å². The van der Waals surface area contributed by atoms with Crippen LogP contribution in [-0.2, 0) is 9.59 Å². The van der Waals surface area contributed by atoms with Crippen LogP contribution >= 0.6 is 11.6 Å². The van der Waals surface area contributed by atoms with E-state index in [-0.39, 0.29) is 11.4 Å². The number of rotatable bonds is 7. The zero-order chi connectivity index (χ0) is 26.2. The molecule has 3 aromatic rings. The van der Waals surface area contributed by atoms with Crippen molar-refractivity contribution in [1.29, 1.82) is 0 Å². The van der Waals surface area contributed by atoms with Crippen molar-refractivity contribution in [2.24, 2.45) is 5.10 Å². The summed E-state index contributed by atoms with van der Waals surface area (Å²) in [5.74, 6) is -1.62. The van der Waals surface area contributed by atoms with Crippen molar-refractivity contribution >= 4 is 40.8 Å². The molecule has 2 amide bonds. The highest BCUT2D eigenvalue weighted by Gasteiger charge is 2.17. The second-order valence-electron chi connectivity index (χ2n) is 7.56. The molecule has 0 saturated heterocycles. The van der Waals surface area contributed by atoms with Crippen LogP contribution in [0, 0.1) is 6.92 Å². The molecule has 3 aromatic carbocycles. The Labute approximate surface area is 213 Å². The van der Waals surface area contributed by atoms with Gasteiger partial charge >= 0.3 is 17.8 Å². The summed E-state index contributed by atoms with van der Waals surface area (Å²) < 4.78 is 16.0. The summed E-state index contributed by atoms with van der Waals surface area (Å²) in [6.07, 6.45) is 0. The number of benzene rings is 3. The normalized spacial score (nSPS) is 10.9. The van der Waals surface area contributed by atoms with Gasteiger partial charge in [-0.15, -0.1) is 0 Å². The fourth-order valence-corrected chi connectivity index (χ4v) is 3.29. The number of anilines is 1. The first-order chi connectivity index (χ1) is 17.2. The maximum absolute atomic E-state index is 12.5. The molecule has 0 aliphatic rings. The Morgan fingerprint density at radius 3 is 2.25 bits per heavy atom. The fraction of sp³-hybridized carbons (Fsp3) is 0.154. The fourth-order valence-electron chi connectivity index (χ4n) is 3.11. The number of carbonyl (C=O) groups is 3. The minimum atomic E-state index is -0.993. The Balaban J connectivity index is 1.68. The first kappa shape index (κ1) is 26.2. The number of hydrogen-bond acceptors (Lipinski definition) is 7. The molecule has 0 aliphatic carbocycles. The Bertz CT molecular complexity index is 1340. The number of aryl methyl sites for hydroxylation is 1. The summed E-state index contributed by atoms with van der Waals surface area (Å²) in [6.45, 7) is 3.51. The number of ether oxygens (including phenoxy) is 3. The summed E-state index contributed by atoms with van der Waals surface area (Å²) in [7, 11) is 2.86. The summed E-state index contributed by atoms with van der Waals surface area (Å²) in [6, 6.07) is 16.4. The summed E-state index contributed by atoms with van der Waals surface area (Å²) >= 11 is 5.94. The third kappa shape index (κ3) is 6.61. The van der Waals surface area contributed by atoms with E-state index >= 15 is 0 Å². The lowest BCUT2D eigenvalue weighted by atomic mass is 10.1. The third-order valence-corrected chi connectivity index (χ3v) is 5.21. The van der Waals surface area contributed by atoms with E-state index in [9.17, 15) is 14.4 Å². The highest BCUT2D eigenvalue weighted by atomic mass is 35.5.